The lowest BCUT2D eigenvalue weighted by molar-refractivity contribution is 0.602. The first-order valence-corrected chi connectivity index (χ1v) is 9.98. The quantitative estimate of drug-likeness (QED) is 0.674. The largest absolute Gasteiger partial charge is 0.329 e. The lowest BCUT2D eigenvalue weighted by Crippen LogP contribution is -2.00. The molecule has 8 heteroatoms. The van der Waals surface area contributed by atoms with Crippen LogP contribution in [-0.4, -0.2) is 24.2 Å². The highest BCUT2D eigenvalue weighted by molar-refractivity contribution is 9.10. The van der Waals surface area contributed by atoms with Crippen LogP contribution in [0.5, 0.6) is 0 Å². The van der Waals surface area contributed by atoms with Gasteiger partial charge in [-0.05, 0) is 51.7 Å². The zero-order valence-electron chi connectivity index (χ0n) is 11.0. The second kappa shape index (κ2) is 5.35. The van der Waals surface area contributed by atoms with Crippen LogP contribution in [0, 0.1) is 4.77 Å². The fourth-order valence-electron chi connectivity index (χ4n) is 2.20. The molecule has 0 unspecified atom stereocenters. The maximum atomic E-state index is 11.9. The average molecular weight is 403 g/mol. The molecule has 2 aromatic heterocycles. The zero-order valence-corrected chi connectivity index (χ0v) is 15.0. The van der Waals surface area contributed by atoms with E-state index in [2.05, 4.69) is 20.9 Å². The van der Waals surface area contributed by atoms with Crippen molar-refractivity contribution >= 4 is 60.4 Å². The molecule has 0 atom stereocenters. The molecule has 0 spiro atoms. The molecule has 4 nitrogen and oxygen atoms in total. The number of sulfone groups is 1. The van der Waals surface area contributed by atoms with Gasteiger partial charge in [-0.2, -0.15) is 0 Å². The van der Waals surface area contributed by atoms with Gasteiger partial charge in [-0.15, -0.1) is 11.3 Å². The van der Waals surface area contributed by atoms with Gasteiger partial charge in [0.15, 0.2) is 14.6 Å². The van der Waals surface area contributed by atoms with E-state index in [0.29, 0.717) is 16.8 Å². The minimum Gasteiger partial charge on any atom is -0.329 e. The van der Waals surface area contributed by atoms with Crippen LogP contribution in [0.15, 0.2) is 39.0 Å². The first-order valence-electron chi connectivity index (χ1n) is 6.01. The second-order valence-corrected chi connectivity index (χ2v) is 8.86. The van der Waals surface area contributed by atoms with Crippen molar-refractivity contribution in [1.29, 1.82) is 0 Å². The highest BCUT2D eigenvalue weighted by Gasteiger charge is 2.16. The maximum absolute atomic E-state index is 11.9. The maximum Gasteiger partial charge on any atom is 0.178 e. The van der Waals surface area contributed by atoms with Gasteiger partial charge in [0.1, 0.15) is 0 Å². The number of thiophene rings is 1. The Morgan fingerprint density at radius 2 is 2.14 bits per heavy atom. The smallest absolute Gasteiger partial charge is 0.178 e. The minimum atomic E-state index is -3.30. The van der Waals surface area contributed by atoms with Crippen molar-refractivity contribution in [3.05, 3.63) is 43.8 Å². The van der Waals surface area contributed by atoms with Gasteiger partial charge in [-0.3, -0.25) is 0 Å². The molecule has 3 aromatic rings. The Hall–Kier alpha value is -0.960. The predicted molar refractivity (Wildman–Crippen MR) is 91.4 cm³/mol. The normalized spacial score (nSPS) is 12.1. The minimum absolute atomic E-state index is 0.273. The van der Waals surface area contributed by atoms with Gasteiger partial charge < -0.3 is 9.55 Å². The van der Waals surface area contributed by atoms with Gasteiger partial charge in [0.25, 0.3) is 0 Å². The van der Waals surface area contributed by atoms with Gasteiger partial charge in [0.2, 0.25) is 0 Å². The average Bonchev–Trinajstić information content (AvgIpc) is 2.93. The summed E-state index contributed by atoms with van der Waals surface area (Å²) in [7, 11) is -3.30. The highest BCUT2D eigenvalue weighted by atomic mass is 79.9. The molecular weight excluding hydrogens is 392 g/mol. The SMILES string of the molecule is CS(=O)(=O)c1cccc2c1[nH]c(=S)n2Cc1sccc1Br. The van der Waals surface area contributed by atoms with Crippen molar-refractivity contribution in [3.63, 3.8) is 0 Å². The highest BCUT2D eigenvalue weighted by Crippen LogP contribution is 2.27. The molecule has 2 heterocycles. The van der Waals surface area contributed by atoms with Gasteiger partial charge >= 0.3 is 0 Å². The molecular formula is C13H11BrN2O2S3. The predicted octanol–water partition coefficient (Wildman–Crippen LogP) is 3.97. The van der Waals surface area contributed by atoms with Crippen molar-refractivity contribution in [2.45, 2.75) is 11.4 Å². The fraction of sp³-hybridized carbons (Fsp3) is 0.154. The molecule has 0 radical (unpaired) electrons. The number of hydrogen-bond acceptors (Lipinski definition) is 4. The third kappa shape index (κ3) is 2.73. The van der Waals surface area contributed by atoms with Gasteiger partial charge in [0.05, 0.1) is 22.5 Å². The number of rotatable bonds is 3. The number of halogens is 1. The van der Waals surface area contributed by atoms with Crippen LogP contribution < -0.4 is 0 Å². The number of hydrogen-bond donors (Lipinski definition) is 1. The summed E-state index contributed by atoms with van der Waals surface area (Å²) in [6, 6.07) is 7.19. The first kappa shape index (κ1) is 15.0. The lowest BCUT2D eigenvalue weighted by atomic mass is 10.3. The molecule has 3 rings (SSSR count). The Kier molecular flexibility index (Phi) is 3.81. The van der Waals surface area contributed by atoms with E-state index in [1.807, 2.05) is 22.1 Å². The Morgan fingerprint density at radius 1 is 1.38 bits per heavy atom. The molecule has 1 N–H and O–H groups in total. The van der Waals surface area contributed by atoms with Gasteiger partial charge in [0, 0.05) is 15.6 Å². The van der Waals surface area contributed by atoms with Crippen LogP contribution in [0.2, 0.25) is 0 Å². The summed E-state index contributed by atoms with van der Waals surface area (Å²) in [4.78, 5) is 4.43. The summed E-state index contributed by atoms with van der Waals surface area (Å²) < 4.78 is 27.2. The Balaban J connectivity index is 2.24. The molecule has 21 heavy (non-hydrogen) atoms. The zero-order chi connectivity index (χ0) is 15.2. The molecule has 0 aliphatic carbocycles. The molecule has 0 saturated heterocycles. The summed E-state index contributed by atoms with van der Waals surface area (Å²) in [5.41, 5.74) is 1.36. The fourth-order valence-corrected chi connectivity index (χ4v) is 4.78. The second-order valence-electron chi connectivity index (χ2n) is 4.63. The van der Waals surface area contributed by atoms with E-state index in [1.54, 1.807) is 23.5 Å². The molecule has 110 valence electrons. The van der Waals surface area contributed by atoms with E-state index in [9.17, 15) is 8.42 Å². The number of H-pyrrole nitrogens is 1. The van der Waals surface area contributed by atoms with E-state index in [0.717, 1.165) is 14.9 Å². The number of fused-ring (bicyclic) bond motifs is 1. The molecule has 0 bridgehead atoms. The monoisotopic (exact) mass is 402 g/mol. The Morgan fingerprint density at radius 3 is 2.76 bits per heavy atom. The van der Waals surface area contributed by atoms with E-state index in [1.165, 1.54) is 6.26 Å². The van der Waals surface area contributed by atoms with Crippen molar-refractivity contribution in [2.24, 2.45) is 0 Å². The molecule has 0 amide bonds. The van der Waals surface area contributed by atoms with Gasteiger partial charge in [-0.25, -0.2) is 8.42 Å². The topological polar surface area (TPSA) is 54.9 Å². The molecule has 0 aliphatic heterocycles. The summed E-state index contributed by atoms with van der Waals surface area (Å²) >= 11 is 10.5. The van der Waals surface area contributed by atoms with Crippen LogP contribution in [-0.2, 0) is 16.4 Å². The van der Waals surface area contributed by atoms with Crippen molar-refractivity contribution < 1.29 is 8.42 Å². The molecule has 1 aromatic carbocycles. The van der Waals surface area contributed by atoms with Crippen molar-refractivity contribution in [1.82, 2.24) is 9.55 Å². The molecule has 0 fully saturated rings. The summed E-state index contributed by atoms with van der Waals surface area (Å²) in [5.74, 6) is 0. The van der Waals surface area contributed by atoms with Crippen molar-refractivity contribution in [2.75, 3.05) is 6.26 Å². The van der Waals surface area contributed by atoms with Crippen molar-refractivity contribution in [3.8, 4) is 0 Å². The molecule has 0 aliphatic rings. The number of aromatic nitrogens is 2. The first-order chi connectivity index (χ1) is 9.88. The van der Waals surface area contributed by atoms with Crippen LogP contribution in [0.25, 0.3) is 11.0 Å². The standard InChI is InChI=1S/C13H11BrN2O2S3/c1-21(17,18)11-4-2-3-9-12(11)15-13(19)16(9)7-10-8(14)5-6-20-10/h2-6H,7H2,1H3,(H,15,19). The summed E-state index contributed by atoms with van der Waals surface area (Å²) in [5, 5.41) is 2.00. The van der Waals surface area contributed by atoms with Crippen LogP contribution in [0.4, 0.5) is 0 Å². The number of aromatic amines is 1. The van der Waals surface area contributed by atoms with E-state index < -0.39 is 9.84 Å². The van der Waals surface area contributed by atoms with E-state index >= 15 is 0 Å². The number of para-hydroxylation sites is 1. The summed E-state index contributed by atoms with van der Waals surface area (Å²) in [6.07, 6.45) is 1.20. The Bertz CT molecular complexity index is 982. The third-order valence-electron chi connectivity index (χ3n) is 3.16. The lowest BCUT2D eigenvalue weighted by Gasteiger charge is -2.04. The summed E-state index contributed by atoms with van der Waals surface area (Å²) in [6.45, 7) is 0.601. The number of benzene rings is 1. The van der Waals surface area contributed by atoms with Crippen LogP contribution in [0.1, 0.15) is 4.88 Å². The molecule has 0 saturated carbocycles. The Labute approximate surface area is 139 Å². The third-order valence-corrected chi connectivity index (χ3v) is 6.54. The van der Waals surface area contributed by atoms with Crippen LogP contribution >= 0.6 is 39.5 Å². The van der Waals surface area contributed by atoms with E-state index in [-0.39, 0.29) is 4.90 Å². The number of imidazole rings is 1. The van der Waals surface area contributed by atoms with Gasteiger partial charge in [-0.1, -0.05) is 6.07 Å². The number of nitrogens with one attached hydrogen (secondary N) is 1. The van der Waals surface area contributed by atoms with E-state index in [4.69, 9.17) is 12.2 Å². The number of nitrogens with zero attached hydrogens (tertiary/aromatic N) is 1. The van der Waals surface area contributed by atoms with Crippen LogP contribution in [0.3, 0.4) is 0 Å².